The second-order valence-corrected chi connectivity index (χ2v) is 6.81. The molecule has 0 atom stereocenters. The number of esters is 1. The number of ether oxygens (including phenoxy) is 1. The molecular formula is C17H14BrCl2NO3. The van der Waals surface area contributed by atoms with E-state index >= 15 is 0 Å². The van der Waals surface area contributed by atoms with Crippen LogP contribution in [0.25, 0.3) is 0 Å². The average Bonchev–Trinajstić information content (AvgIpc) is 2.50. The monoisotopic (exact) mass is 429 g/mol. The molecule has 4 nitrogen and oxygen atoms in total. The van der Waals surface area contributed by atoms with Gasteiger partial charge in [-0.2, -0.15) is 0 Å². The van der Waals surface area contributed by atoms with Gasteiger partial charge in [-0.15, -0.1) is 0 Å². The number of benzene rings is 2. The quantitative estimate of drug-likeness (QED) is 0.680. The molecule has 0 saturated carbocycles. The first-order valence-corrected chi connectivity index (χ1v) is 8.51. The summed E-state index contributed by atoms with van der Waals surface area (Å²) in [6.07, 6.45) is 0. The molecule has 0 aliphatic carbocycles. The van der Waals surface area contributed by atoms with Crippen LogP contribution in [0.4, 0.5) is 5.69 Å². The zero-order chi connectivity index (χ0) is 17.9. The van der Waals surface area contributed by atoms with Crippen LogP contribution in [0, 0.1) is 13.8 Å². The topological polar surface area (TPSA) is 55.4 Å². The van der Waals surface area contributed by atoms with Crippen LogP contribution < -0.4 is 5.32 Å². The second kappa shape index (κ2) is 8.01. The molecule has 0 saturated heterocycles. The first kappa shape index (κ1) is 18.8. The van der Waals surface area contributed by atoms with E-state index in [0.29, 0.717) is 10.7 Å². The van der Waals surface area contributed by atoms with Gasteiger partial charge in [0.2, 0.25) is 0 Å². The zero-order valence-electron chi connectivity index (χ0n) is 13.0. The summed E-state index contributed by atoms with van der Waals surface area (Å²) < 4.78 is 5.97. The summed E-state index contributed by atoms with van der Waals surface area (Å²) in [6, 6.07) is 8.07. The molecule has 0 heterocycles. The van der Waals surface area contributed by atoms with Crippen LogP contribution in [-0.4, -0.2) is 18.5 Å². The maximum atomic E-state index is 12.0. The molecule has 0 spiro atoms. The number of carbonyl (C=O) groups excluding carboxylic acids is 2. The highest BCUT2D eigenvalue weighted by Crippen LogP contribution is 2.25. The van der Waals surface area contributed by atoms with Crippen LogP contribution in [0.5, 0.6) is 0 Å². The minimum Gasteiger partial charge on any atom is -0.452 e. The van der Waals surface area contributed by atoms with Crippen LogP contribution in [0.3, 0.4) is 0 Å². The van der Waals surface area contributed by atoms with Crippen LogP contribution in [-0.2, 0) is 9.53 Å². The van der Waals surface area contributed by atoms with Gasteiger partial charge in [-0.25, -0.2) is 4.79 Å². The average molecular weight is 431 g/mol. The Kier molecular flexibility index (Phi) is 6.27. The summed E-state index contributed by atoms with van der Waals surface area (Å²) in [6.45, 7) is 3.44. The van der Waals surface area contributed by atoms with Crippen molar-refractivity contribution in [1.82, 2.24) is 0 Å². The lowest BCUT2D eigenvalue weighted by molar-refractivity contribution is -0.119. The third kappa shape index (κ3) is 4.72. The minimum atomic E-state index is -0.685. The highest BCUT2D eigenvalue weighted by Gasteiger charge is 2.14. The maximum absolute atomic E-state index is 12.0. The predicted octanol–water partition coefficient (Wildman–Crippen LogP) is 5.17. The summed E-state index contributed by atoms with van der Waals surface area (Å²) in [4.78, 5) is 23.9. The fraction of sp³-hybridized carbons (Fsp3) is 0.176. The van der Waals surface area contributed by atoms with E-state index in [0.717, 1.165) is 15.6 Å². The zero-order valence-corrected chi connectivity index (χ0v) is 16.1. The number of carbonyl (C=O) groups is 2. The Morgan fingerprint density at radius 3 is 2.33 bits per heavy atom. The van der Waals surface area contributed by atoms with E-state index in [4.69, 9.17) is 27.9 Å². The van der Waals surface area contributed by atoms with Crippen LogP contribution in [0.2, 0.25) is 10.0 Å². The number of aryl methyl sites for hydroxylation is 2. The molecule has 0 aliphatic rings. The van der Waals surface area contributed by atoms with E-state index in [-0.39, 0.29) is 10.6 Å². The van der Waals surface area contributed by atoms with Crippen molar-refractivity contribution in [3.63, 3.8) is 0 Å². The van der Waals surface area contributed by atoms with Crippen molar-refractivity contribution < 1.29 is 14.3 Å². The fourth-order valence-corrected chi connectivity index (χ4v) is 2.79. The number of nitrogens with one attached hydrogen (secondary N) is 1. The van der Waals surface area contributed by atoms with E-state index in [9.17, 15) is 9.59 Å². The molecule has 2 aromatic carbocycles. The number of anilines is 1. The number of hydrogen-bond acceptors (Lipinski definition) is 3. The Bertz CT molecular complexity index is 785. The summed E-state index contributed by atoms with van der Waals surface area (Å²) in [7, 11) is 0. The molecule has 0 bridgehead atoms. The van der Waals surface area contributed by atoms with Crippen molar-refractivity contribution in [1.29, 1.82) is 0 Å². The molecule has 1 amide bonds. The summed E-state index contributed by atoms with van der Waals surface area (Å²) in [5.74, 6) is -1.12. The van der Waals surface area contributed by atoms with Gasteiger partial charge in [-0.3, -0.25) is 4.79 Å². The third-order valence-electron chi connectivity index (χ3n) is 3.21. The number of halogens is 3. The van der Waals surface area contributed by atoms with Gasteiger partial charge in [0.25, 0.3) is 5.91 Å². The molecule has 0 radical (unpaired) electrons. The van der Waals surface area contributed by atoms with Gasteiger partial charge in [0.05, 0.1) is 10.6 Å². The van der Waals surface area contributed by atoms with E-state index in [1.807, 2.05) is 26.0 Å². The number of hydrogen-bond donors (Lipinski definition) is 1. The lowest BCUT2D eigenvalue weighted by Crippen LogP contribution is -2.21. The van der Waals surface area contributed by atoms with Crippen LogP contribution in [0.1, 0.15) is 21.5 Å². The van der Waals surface area contributed by atoms with Gasteiger partial charge >= 0.3 is 5.97 Å². The molecule has 1 N–H and O–H groups in total. The highest BCUT2D eigenvalue weighted by atomic mass is 79.9. The maximum Gasteiger partial charge on any atom is 0.340 e. The summed E-state index contributed by atoms with van der Waals surface area (Å²) >= 11 is 15.2. The fourth-order valence-electron chi connectivity index (χ4n) is 2.08. The Balaban J connectivity index is 1.97. The van der Waals surface area contributed by atoms with Crippen molar-refractivity contribution in [2.45, 2.75) is 13.8 Å². The van der Waals surface area contributed by atoms with E-state index < -0.39 is 18.5 Å². The van der Waals surface area contributed by atoms with Gasteiger partial charge in [-0.1, -0.05) is 39.1 Å². The summed E-state index contributed by atoms with van der Waals surface area (Å²) in [5, 5.41) is 3.28. The van der Waals surface area contributed by atoms with Gasteiger partial charge in [-0.05, 0) is 55.3 Å². The van der Waals surface area contributed by atoms with Crippen LogP contribution in [0.15, 0.2) is 34.8 Å². The molecule has 0 unspecified atom stereocenters. The van der Waals surface area contributed by atoms with Gasteiger partial charge < -0.3 is 10.1 Å². The molecule has 24 heavy (non-hydrogen) atoms. The molecule has 126 valence electrons. The standard InChI is InChI=1S/C17H14BrCl2NO3/c1-9-5-12(6-10(2)16(9)18)21-15(22)8-24-17(23)13-4-3-11(19)7-14(13)20/h3-7H,8H2,1-2H3,(H,21,22). The Morgan fingerprint density at radius 2 is 1.75 bits per heavy atom. The highest BCUT2D eigenvalue weighted by molar-refractivity contribution is 9.10. The van der Waals surface area contributed by atoms with Crippen molar-refractivity contribution in [3.8, 4) is 0 Å². The van der Waals surface area contributed by atoms with Gasteiger partial charge in [0, 0.05) is 15.2 Å². The Morgan fingerprint density at radius 1 is 1.12 bits per heavy atom. The smallest absolute Gasteiger partial charge is 0.340 e. The SMILES string of the molecule is Cc1cc(NC(=O)COC(=O)c2ccc(Cl)cc2Cl)cc(C)c1Br. The minimum absolute atomic E-state index is 0.157. The van der Waals surface area contributed by atoms with Crippen molar-refractivity contribution in [2.75, 3.05) is 11.9 Å². The molecule has 2 rings (SSSR count). The lowest BCUT2D eigenvalue weighted by atomic mass is 10.1. The first-order chi connectivity index (χ1) is 11.3. The number of amides is 1. The normalized spacial score (nSPS) is 10.4. The Hall–Kier alpha value is -1.56. The second-order valence-electron chi connectivity index (χ2n) is 5.17. The van der Waals surface area contributed by atoms with Crippen molar-refractivity contribution in [2.24, 2.45) is 0 Å². The molecule has 0 aromatic heterocycles. The van der Waals surface area contributed by atoms with Crippen molar-refractivity contribution in [3.05, 3.63) is 61.5 Å². The van der Waals surface area contributed by atoms with E-state index in [2.05, 4.69) is 21.2 Å². The first-order valence-electron chi connectivity index (χ1n) is 6.96. The van der Waals surface area contributed by atoms with E-state index in [1.165, 1.54) is 18.2 Å². The Labute approximate surface area is 158 Å². The summed E-state index contributed by atoms with van der Waals surface area (Å²) in [5.41, 5.74) is 2.79. The predicted molar refractivity (Wildman–Crippen MR) is 99.0 cm³/mol. The van der Waals surface area contributed by atoms with Gasteiger partial charge in [0.1, 0.15) is 0 Å². The van der Waals surface area contributed by atoms with Crippen LogP contribution >= 0.6 is 39.1 Å². The molecule has 0 fully saturated rings. The molecule has 7 heteroatoms. The third-order valence-corrected chi connectivity index (χ3v) is 5.00. The van der Waals surface area contributed by atoms with Gasteiger partial charge in [0.15, 0.2) is 6.61 Å². The molecule has 2 aromatic rings. The largest absolute Gasteiger partial charge is 0.452 e. The lowest BCUT2D eigenvalue weighted by Gasteiger charge is -2.10. The van der Waals surface area contributed by atoms with E-state index in [1.54, 1.807) is 0 Å². The number of rotatable bonds is 4. The van der Waals surface area contributed by atoms with Crippen molar-refractivity contribution >= 4 is 56.7 Å². The molecular weight excluding hydrogens is 417 g/mol. The molecule has 0 aliphatic heterocycles.